The van der Waals surface area contributed by atoms with Gasteiger partial charge in [0, 0.05) is 17.3 Å². The Labute approximate surface area is 176 Å². The van der Waals surface area contributed by atoms with Crippen LogP contribution in [0.4, 0.5) is 23.2 Å². The molecule has 31 heavy (non-hydrogen) atoms. The predicted octanol–water partition coefficient (Wildman–Crippen LogP) is 4.72. The molecule has 1 amide bonds. The van der Waals surface area contributed by atoms with Gasteiger partial charge in [-0.05, 0) is 51.5 Å². The molecule has 0 fully saturated rings. The van der Waals surface area contributed by atoms with Crippen LogP contribution in [0.15, 0.2) is 29.8 Å². The van der Waals surface area contributed by atoms with Crippen molar-refractivity contribution in [3.05, 3.63) is 58.7 Å². The van der Waals surface area contributed by atoms with Crippen molar-refractivity contribution in [1.29, 1.82) is 0 Å². The lowest BCUT2D eigenvalue weighted by Gasteiger charge is -2.13. The predicted molar refractivity (Wildman–Crippen MR) is 109 cm³/mol. The van der Waals surface area contributed by atoms with Gasteiger partial charge in [-0.2, -0.15) is 0 Å². The fourth-order valence-electron chi connectivity index (χ4n) is 2.75. The molecule has 166 valence electrons. The van der Waals surface area contributed by atoms with E-state index >= 15 is 0 Å². The second kappa shape index (κ2) is 9.63. The van der Waals surface area contributed by atoms with Crippen molar-refractivity contribution < 1.29 is 32.3 Å². The first-order valence-electron chi connectivity index (χ1n) is 9.38. The number of carboxylic acid groups (broad SMARTS) is 1. The van der Waals surface area contributed by atoms with Gasteiger partial charge in [-0.25, -0.2) is 17.6 Å². The Balaban J connectivity index is 2.46. The smallest absolute Gasteiger partial charge is 0.325 e. The van der Waals surface area contributed by atoms with Gasteiger partial charge in [0.2, 0.25) is 5.91 Å². The molecular weight excluding hydrogens is 416 g/mol. The van der Waals surface area contributed by atoms with Crippen molar-refractivity contribution in [2.75, 3.05) is 5.32 Å². The summed E-state index contributed by atoms with van der Waals surface area (Å²) < 4.78 is 58.5. The normalized spacial score (nSPS) is 12.6. The minimum absolute atomic E-state index is 0.0672. The average Bonchev–Trinajstić information content (AvgIpc) is 2.70. The van der Waals surface area contributed by atoms with Crippen LogP contribution in [0.3, 0.4) is 0 Å². The summed E-state index contributed by atoms with van der Waals surface area (Å²) in [5, 5.41) is 14.0. The average molecular weight is 438 g/mol. The molecule has 3 N–H and O–H groups in total. The van der Waals surface area contributed by atoms with Gasteiger partial charge in [0.1, 0.15) is 6.04 Å². The first-order valence-corrected chi connectivity index (χ1v) is 9.38. The SMILES string of the molecule is CC(=Cc1c(F)c(F)c(-c2ccc(NC(C)C)cc2)c(F)c1F)C(=O)NC(C)C(=O)O. The summed E-state index contributed by atoms with van der Waals surface area (Å²) in [6, 6.07) is 4.54. The molecule has 0 aromatic heterocycles. The molecule has 1 atom stereocenters. The molecule has 0 heterocycles. The number of rotatable bonds is 7. The van der Waals surface area contributed by atoms with Crippen molar-refractivity contribution in [2.24, 2.45) is 0 Å². The minimum atomic E-state index is -1.67. The van der Waals surface area contributed by atoms with Gasteiger partial charge in [0.25, 0.3) is 0 Å². The molecule has 2 aromatic rings. The third-order valence-corrected chi connectivity index (χ3v) is 4.36. The summed E-state index contributed by atoms with van der Waals surface area (Å²) in [5.41, 5.74) is -1.68. The number of carbonyl (C=O) groups is 2. The summed E-state index contributed by atoms with van der Waals surface area (Å²) >= 11 is 0. The van der Waals surface area contributed by atoms with E-state index in [0.717, 1.165) is 6.92 Å². The van der Waals surface area contributed by atoms with Crippen molar-refractivity contribution in [1.82, 2.24) is 5.32 Å². The lowest BCUT2D eigenvalue weighted by molar-refractivity contribution is -0.140. The fraction of sp³-hybridized carbons (Fsp3) is 0.273. The fourth-order valence-corrected chi connectivity index (χ4v) is 2.75. The number of anilines is 1. The molecule has 0 bridgehead atoms. The summed E-state index contributed by atoms with van der Waals surface area (Å²) in [6.07, 6.45) is 0.625. The Hall–Kier alpha value is -3.36. The molecule has 2 aromatic carbocycles. The molecular formula is C22H22F4N2O3. The van der Waals surface area contributed by atoms with E-state index in [2.05, 4.69) is 10.6 Å². The zero-order chi connectivity index (χ0) is 23.5. The Bertz CT molecular complexity index is 1010. The molecule has 0 saturated carbocycles. The van der Waals surface area contributed by atoms with Gasteiger partial charge < -0.3 is 15.7 Å². The van der Waals surface area contributed by atoms with Gasteiger partial charge >= 0.3 is 5.97 Å². The molecule has 0 aliphatic heterocycles. The summed E-state index contributed by atoms with van der Waals surface area (Å²) in [7, 11) is 0. The standard InChI is InChI=1S/C22H22F4N2O3/c1-10(2)27-14-7-5-13(6-8-14)16-19(25)17(23)15(18(24)20(16)26)9-11(3)21(29)28-12(4)22(30)31/h5-10,12,27H,1-4H3,(H,28,29)(H,30,31). The topological polar surface area (TPSA) is 78.4 Å². The van der Waals surface area contributed by atoms with E-state index in [0.29, 0.717) is 11.8 Å². The molecule has 0 saturated heterocycles. The minimum Gasteiger partial charge on any atom is -0.480 e. The van der Waals surface area contributed by atoms with E-state index in [1.807, 2.05) is 13.8 Å². The molecule has 0 aliphatic rings. The number of hydrogen-bond acceptors (Lipinski definition) is 3. The molecule has 0 aliphatic carbocycles. The molecule has 1 unspecified atom stereocenters. The zero-order valence-electron chi connectivity index (χ0n) is 17.3. The summed E-state index contributed by atoms with van der Waals surface area (Å²) in [6.45, 7) is 6.11. The quantitative estimate of drug-likeness (QED) is 0.332. The van der Waals surface area contributed by atoms with Crippen LogP contribution in [0.25, 0.3) is 17.2 Å². The maximum absolute atomic E-state index is 14.7. The number of carboxylic acids is 1. The first kappa shape index (κ1) is 23.9. The van der Waals surface area contributed by atoms with Crippen molar-refractivity contribution in [3.63, 3.8) is 0 Å². The van der Waals surface area contributed by atoms with E-state index in [9.17, 15) is 27.2 Å². The lowest BCUT2D eigenvalue weighted by atomic mass is 9.99. The van der Waals surface area contributed by atoms with Crippen LogP contribution >= 0.6 is 0 Å². The second-order valence-corrected chi connectivity index (χ2v) is 7.28. The van der Waals surface area contributed by atoms with Gasteiger partial charge in [-0.3, -0.25) is 9.59 Å². The third kappa shape index (κ3) is 5.42. The van der Waals surface area contributed by atoms with Gasteiger partial charge in [-0.1, -0.05) is 12.1 Å². The lowest BCUT2D eigenvalue weighted by Crippen LogP contribution is -2.38. The van der Waals surface area contributed by atoms with E-state index in [1.165, 1.54) is 31.2 Å². The number of aliphatic carboxylic acids is 1. The highest BCUT2D eigenvalue weighted by molar-refractivity contribution is 5.99. The summed E-state index contributed by atoms with van der Waals surface area (Å²) in [4.78, 5) is 22.8. The van der Waals surface area contributed by atoms with Crippen LogP contribution in [0.2, 0.25) is 0 Å². The number of nitrogens with one attached hydrogen (secondary N) is 2. The van der Waals surface area contributed by atoms with Gasteiger partial charge in [0.15, 0.2) is 23.3 Å². The van der Waals surface area contributed by atoms with Crippen LogP contribution in [-0.2, 0) is 9.59 Å². The van der Waals surface area contributed by atoms with E-state index in [4.69, 9.17) is 5.11 Å². The van der Waals surface area contributed by atoms with Crippen LogP contribution in [0, 0.1) is 23.3 Å². The number of halogens is 4. The highest BCUT2D eigenvalue weighted by Crippen LogP contribution is 2.33. The van der Waals surface area contributed by atoms with E-state index < -0.39 is 52.3 Å². The highest BCUT2D eigenvalue weighted by Gasteiger charge is 2.26. The van der Waals surface area contributed by atoms with Gasteiger partial charge in [0.05, 0.1) is 11.1 Å². The van der Waals surface area contributed by atoms with Crippen LogP contribution < -0.4 is 10.6 Å². The monoisotopic (exact) mass is 438 g/mol. The second-order valence-electron chi connectivity index (χ2n) is 7.28. The molecule has 5 nitrogen and oxygen atoms in total. The van der Waals surface area contributed by atoms with Crippen molar-refractivity contribution in [3.8, 4) is 11.1 Å². The zero-order valence-corrected chi connectivity index (χ0v) is 17.3. The van der Waals surface area contributed by atoms with E-state index in [1.54, 1.807) is 0 Å². The number of benzene rings is 2. The Morgan fingerprint density at radius 1 is 0.935 bits per heavy atom. The first-order chi connectivity index (χ1) is 14.4. The Morgan fingerprint density at radius 2 is 1.45 bits per heavy atom. The Kier molecular flexibility index (Phi) is 7.43. The maximum Gasteiger partial charge on any atom is 0.325 e. The van der Waals surface area contributed by atoms with Crippen LogP contribution in [0.1, 0.15) is 33.3 Å². The van der Waals surface area contributed by atoms with Crippen molar-refractivity contribution in [2.45, 2.75) is 39.8 Å². The number of carbonyl (C=O) groups excluding carboxylic acids is 1. The Morgan fingerprint density at radius 3 is 1.90 bits per heavy atom. The molecule has 2 rings (SSSR count). The molecule has 0 radical (unpaired) electrons. The maximum atomic E-state index is 14.7. The summed E-state index contributed by atoms with van der Waals surface area (Å²) in [5.74, 6) is -8.83. The number of amides is 1. The molecule has 0 spiro atoms. The van der Waals surface area contributed by atoms with Crippen molar-refractivity contribution >= 4 is 23.6 Å². The highest BCUT2D eigenvalue weighted by atomic mass is 19.2. The van der Waals surface area contributed by atoms with Crippen LogP contribution in [-0.4, -0.2) is 29.1 Å². The third-order valence-electron chi connectivity index (χ3n) is 4.36. The number of hydrogen-bond donors (Lipinski definition) is 3. The van der Waals surface area contributed by atoms with E-state index in [-0.39, 0.29) is 17.2 Å². The molecule has 9 heteroatoms. The largest absolute Gasteiger partial charge is 0.480 e. The van der Waals surface area contributed by atoms with Crippen LogP contribution in [0.5, 0.6) is 0 Å². The van der Waals surface area contributed by atoms with Gasteiger partial charge in [-0.15, -0.1) is 0 Å².